The van der Waals surface area contributed by atoms with Crippen LogP contribution in [0.1, 0.15) is 0 Å². The highest BCUT2D eigenvalue weighted by atomic mass is 16.5. The number of aromatic nitrogens is 3. The number of nitrogens with zero attached hydrogens (tertiary/aromatic N) is 3. The molecule has 5 heteroatoms. The third kappa shape index (κ3) is 1.58. The van der Waals surface area contributed by atoms with E-state index >= 15 is 0 Å². The fourth-order valence-electron chi connectivity index (χ4n) is 2.54. The molecule has 98 valence electrons. The molecule has 0 spiro atoms. The van der Waals surface area contributed by atoms with Gasteiger partial charge in [0.2, 0.25) is 0 Å². The number of fused-ring (bicyclic) bond motifs is 1. The van der Waals surface area contributed by atoms with Crippen molar-refractivity contribution in [2.45, 2.75) is 0 Å². The maximum atomic E-state index is 6.01. The minimum Gasteiger partial charge on any atom is -0.495 e. The zero-order valence-electron chi connectivity index (χ0n) is 11.2. The molecule has 0 aliphatic rings. The van der Waals surface area contributed by atoms with E-state index in [0.717, 1.165) is 28.0 Å². The summed E-state index contributed by atoms with van der Waals surface area (Å²) in [4.78, 5) is 0. The molecule has 0 saturated heterocycles. The van der Waals surface area contributed by atoms with Crippen molar-refractivity contribution in [1.82, 2.24) is 14.3 Å². The van der Waals surface area contributed by atoms with Crippen LogP contribution in [0, 0.1) is 0 Å². The second-order valence-electron chi connectivity index (χ2n) is 4.56. The van der Waals surface area contributed by atoms with Gasteiger partial charge in [-0.3, -0.25) is 4.68 Å². The number of nitrogens with two attached hydrogens (primary N) is 1. The Bertz CT molecular complexity index is 735. The molecule has 5 nitrogen and oxygen atoms in total. The van der Waals surface area contributed by atoms with Gasteiger partial charge in [0, 0.05) is 19.5 Å². The van der Waals surface area contributed by atoms with Crippen LogP contribution < -0.4 is 10.5 Å². The van der Waals surface area contributed by atoms with Crippen LogP contribution in [0.2, 0.25) is 0 Å². The number of nitrogen functional groups attached to an aromatic ring is 1. The molecule has 2 N–H and O–H groups in total. The normalized spacial score (nSPS) is 11.1. The van der Waals surface area contributed by atoms with E-state index < -0.39 is 0 Å². The van der Waals surface area contributed by atoms with Crippen LogP contribution in [0.25, 0.3) is 22.3 Å². The van der Waals surface area contributed by atoms with Gasteiger partial charge in [-0.05, 0) is 12.1 Å². The molecular formula is C14H16N4O. The van der Waals surface area contributed by atoms with Gasteiger partial charge in [-0.1, -0.05) is 12.1 Å². The van der Waals surface area contributed by atoms with Gasteiger partial charge in [0.05, 0.1) is 30.2 Å². The number of benzene rings is 1. The molecule has 0 radical (unpaired) electrons. The summed E-state index contributed by atoms with van der Waals surface area (Å²) in [6.07, 6.45) is 1.67. The molecule has 0 aliphatic heterocycles. The summed E-state index contributed by atoms with van der Waals surface area (Å²) in [5.41, 5.74) is 9.68. The summed E-state index contributed by atoms with van der Waals surface area (Å²) in [7, 11) is 5.58. The van der Waals surface area contributed by atoms with Gasteiger partial charge in [-0.25, -0.2) is 0 Å². The lowest BCUT2D eigenvalue weighted by atomic mass is 10.2. The maximum Gasteiger partial charge on any atom is 0.143 e. The van der Waals surface area contributed by atoms with Gasteiger partial charge in [-0.2, -0.15) is 5.10 Å². The van der Waals surface area contributed by atoms with E-state index in [1.165, 1.54) is 0 Å². The fraction of sp³-hybridized carbons (Fsp3) is 0.214. The minimum atomic E-state index is 0.673. The van der Waals surface area contributed by atoms with E-state index in [4.69, 9.17) is 10.5 Å². The van der Waals surface area contributed by atoms with Gasteiger partial charge in [0.25, 0.3) is 0 Å². The highest BCUT2D eigenvalue weighted by Crippen LogP contribution is 2.34. The van der Waals surface area contributed by atoms with Crippen molar-refractivity contribution in [3.63, 3.8) is 0 Å². The molecule has 2 aromatic heterocycles. The first-order chi connectivity index (χ1) is 9.13. The highest BCUT2D eigenvalue weighted by Gasteiger charge is 2.16. The largest absolute Gasteiger partial charge is 0.495 e. The van der Waals surface area contributed by atoms with Crippen molar-refractivity contribution in [3.8, 4) is 17.1 Å². The predicted octanol–water partition coefficient (Wildman–Crippen LogP) is 2.17. The Hall–Kier alpha value is -2.43. The summed E-state index contributed by atoms with van der Waals surface area (Å²) >= 11 is 0. The number of rotatable bonds is 2. The van der Waals surface area contributed by atoms with Crippen LogP contribution in [0.3, 0.4) is 0 Å². The van der Waals surface area contributed by atoms with Crippen molar-refractivity contribution >= 4 is 16.6 Å². The first-order valence-electron chi connectivity index (χ1n) is 6.03. The fourth-order valence-corrected chi connectivity index (χ4v) is 2.54. The van der Waals surface area contributed by atoms with Crippen molar-refractivity contribution in [2.75, 3.05) is 12.8 Å². The SMILES string of the molecule is COc1cccc2cc(-c3c(N)cnn3C)n(C)c12. The average molecular weight is 256 g/mol. The summed E-state index contributed by atoms with van der Waals surface area (Å²) in [5.74, 6) is 0.854. The van der Waals surface area contributed by atoms with Crippen molar-refractivity contribution < 1.29 is 4.74 Å². The molecule has 0 saturated carbocycles. The van der Waals surface area contributed by atoms with Crippen molar-refractivity contribution in [1.29, 1.82) is 0 Å². The summed E-state index contributed by atoms with van der Waals surface area (Å²) in [5, 5.41) is 5.32. The first kappa shape index (κ1) is 11.6. The number of aryl methyl sites for hydroxylation is 2. The number of methoxy groups -OCH3 is 1. The van der Waals surface area contributed by atoms with E-state index in [-0.39, 0.29) is 0 Å². The third-order valence-electron chi connectivity index (χ3n) is 3.45. The van der Waals surface area contributed by atoms with Gasteiger partial charge >= 0.3 is 0 Å². The number of hydrogen-bond donors (Lipinski definition) is 1. The Kier molecular flexibility index (Phi) is 2.48. The zero-order chi connectivity index (χ0) is 13.6. The molecule has 0 amide bonds. The average Bonchev–Trinajstić information content (AvgIpc) is 2.90. The molecule has 0 unspecified atom stereocenters. The highest BCUT2D eigenvalue weighted by molar-refractivity contribution is 5.92. The quantitative estimate of drug-likeness (QED) is 0.764. The standard InChI is InChI=1S/C14H16N4O/c1-17-11(14-10(15)8-16-18(14)2)7-9-5-4-6-12(19-3)13(9)17/h4-8H,15H2,1-3H3. The third-order valence-corrected chi connectivity index (χ3v) is 3.45. The molecule has 0 atom stereocenters. The monoisotopic (exact) mass is 256 g/mol. The van der Waals surface area contributed by atoms with Gasteiger partial charge < -0.3 is 15.0 Å². The maximum absolute atomic E-state index is 6.01. The Morgan fingerprint density at radius 2 is 2.05 bits per heavy atom. The molecule has 0 fully saturated rings. The topological polar surface area (TPSA) is 58.0 Å². The van der Waals surface area contributed by atoms with Crippen LogP contribution >= 0.6 is 0 Å². The van der Waals surface area contributed by atoms with E-state index in [0.29, 0.717) is 5.69 Å². The van der Waals surface area contributed by atoms with Crippen molar-refractivity contribution in [3.05, 3.63) is 30.5 Å². The second-order valence-corrected chi connectivity index (χ2v) is 4.56. The van der Waals surface area contributed by atoms with E-state index in [1.807, 2.05) is 26.2 Å². The van der Waals surface area contributed by atoms with E-state index in [9.17, 15) is 0 Å². The second kappa shape index (κ2) is 4.05. The van der Waals surface area contributed by atoms with Gasteiger partial charge in [-0.15, -0.1) is 0 Å². The molecule has 3 rings (SSSR count). The lowest BCUT2D eigenvalue weighted by Gasteiger charge is -2.08. The smallest absolute Gasteiger partial charge is 0.143 e. The Balaban J connectivity index is 2.35. The van der Waals surface area contributed by atoms with Crippen LogP contribution in [-0.2, 0) is 14.1 Å². The van der Waals surface area contributed by atoms with Crippen LogP contribution in [-0.4, -0.2) is 21.5 Å². The molecule has 0 bridgehead atoms. The molecule has 0 aliphatic carbocycles. The minimum absolute atomic E-state index is 0.673. The number of anilines is 1. The van der Waals surface area contributed by atoms with Gasteiger partial charge in [0.15, 0.2) is 0 Å². The van der Waals surface area contributed by atoms with Gasteiger partial charge in [0.1, 0.15) is 11.4 Å². The van der Waals surface area contributed by atoms with Crippen LogP contribution in [0.15, 0.2) is 30.5 Å². The Morgan fingerprint density at radius 1 is 1.26 bits per heavy atom. The summed E-state index contributed by atoms with van der Waals surface area (Å²) in [6, 6.07) is 8.11. The Morgan fingerprint density at radius 3 is 2.68 bits per heavy atom. The molecular weight excluding hydrogens is 240 g/mol. The van der Waals surface area contributed by atoms with E-state index in [1.54, 1.807) is 18.0 Å². The summed E-state index contributed by atoms with van der Waals surface area (Å²) in [6.45, 7) is 0. The molecule has 3 aromatic rings. The number of hydrogen-bond acceptors (Lipinski definition) is 3. The molecule has 1 aromatic carbocycles. The number of para-hydroxylation sites is 1. The molecule has 19 heavy (non-hydrogen) atoms. The summed E-state index contributed by atoms with van der Waals surface area (Å²) < 4.78 is 9.30. The molecule has 2 heterocycles. The van der Waals surface area contributed by atoms with Crippen molar-refractivity contribution in [2.24, 2.45) is 14.1 Å². The Labute approximate surface area is 111 Å². The number of ether oxygens (including phenoxy) is 1. The predicted molar refractivity (Wildman–Crippen MR) is 76.1 cm³/mol. The lowest BCUT2D eigenvalue weighted by Crippen LogP contribution is -2.00. The van der Waals surface area contributed by atoms with E-state index in [2.05, 4.69) is 21.8 Å². The lowest BCUT2D eigenvalue weighted by molar-refractivity contribution is 0.418. The zero-order valence-corrected chi connectivity index (χ0v) is 11.2. The van der Waals surface area contributed by atoms with Crippen LogP contribution in [0.5, 0.6) is 5.75 Å². The first-order valence-corrected chi connectivity index (χ1v) is 6.03. The van der Waals surface area contributed by atoms with Crippen LogP contribution in [0.4, 0.5) is 5.69 Å².